The van der Waals surface area contributed by atoms with Crippen LogP contribution in [0.5, 0.6) is 5.75 Å². The summed E-state index contributed by atoms with van der Waals surface area (Å²) in [4.78, 5) is 11.0. The van der Waals surface area contributed by atoms with E-state index in [0.717, 1.165) is 24.3 Å². The monoisotopic (exact) mass is 257 g/mol. The van der Waals surface area contributed by atoms with Crippen LogP contribution in [0.15, 0.2) is 24.3 Å². The van der Waals surface area contributed by atoms with Gasteiger partial charge < -0.3 is 15.2 Å². The number of ether oxygens (including phenoxy) is 1. The Labute approximate surface area is 106 Å². The highest BCUT2D eigenvalue weighted by Gasteiger charge is 2.33. The summed E-state index contributed by atoms with van der Waals surface area (Å²) in [5, 5.41) is 12.1. The highest BCUT2D eigenvalue weighted by molar-refractivity contribution is 5.85. The maximum atomic E-state index is 11.0. The van der Waals surface area contributed by atoms with Crippen LogP contribution in [0.2, 0.25) is 0 Å². The molecule has 0 amide bonds. The zero-order valence-electron chi connectivity index (χ0n) is 9.55. The summed E-state index contributed by atoms with van der Waals surface area (Å²) in [6.07, 6.45) is 0.851. The van der Waals surface area contributed by atoms with Crippen LogP contribution in [0.4, 0.5) is 0 Å². The summed E-state index contributed by atoms with van der Waals surface area (Å²) in [7, 11) is 1.61. The van der Waals surface area contributed by atoms with Gasteiger partial charge in [0.15, 0.2) is 0 Å². The number of benzene rings is 1. The Morgan fingerprint density at radius 2 is 2.29 bits per heavy atom. The molecule has 1 fully saturated rings. The lowest BCUT2D eigenvalue weighted by Gasteiger charge is -2.16. The van der Waals surface area contributed by atoms with E-state index in [9.17, 15) is 4.79 Å². The highest BCUT2D eigenvalue weighted by Crippen LogP contribution is 2.29. The van der Waals surface area contributed by atoms with E-state index in [-0.39, 0.29) is 18.3 Å². The Kier molecular flexibility index (Phi) is 4.78. The van der Waals surface area contributed by atoms with Gasteiger partial charge in [0.2, 0.25) is 0 Å². The van der Waals surface area contributed by atoms with Gasteiger partial charge in [0.05, 0.1) is 7.11 Å². The number of methoxy groups -OCH3 is 1. The molecule has 2 rings (SSSR count). The second-order valence-electron chi connectivity index (χ2n) is 3.94. The minimum absolute atomic E-state index is 0. The van der Waals surface area contributed by atoms with Crippen molar-refractivity contribution >= 4 is 18.4 Å². The summed E-state index contributed by atoms with van der Waals surface area (Å²) in [6, 6.07) is 7.14. The molecule has 17 heavy (non-hydrogen) atoms. The van der Waals surface area contributed by atoms with Gasteiger partial charge in [-0.15, -0.1) is 12.4 Å². The number of rotatable bonds is 3. The van der Waals surface area contributed by atoms with Crippen LogP contribution in [0.25, 0.3) is 0 Å². The molecule has 1 aromatic rings. The fourth-order valence-electron chi connectivity index (χ4n) is 2.19. The fourth-order valence-corrected chi connectivity index (χ4v) is 2.19. The normalized spacial score (nSPS) is 22.9. The fraction of sp³-hybridized carbons (Fsp3) is 0.417. The number of halogens is 1. The zero-order chi connectivity index (χ0) is 11.5. The van der Waals surface area contributed by atoms with Gasteiger partial charge in [-0.1, -0.05) is 12.1 Å². The van der Waals surface area contributed by atoms with Gasteiger partial charge in [-0.05, 0) is 30.7 Å². The van der Waals surface area contributed by atoms with E-state index in [1.165, 1.54) is 0 Å². The molecule has 0 aromatic heterocycles. The third kappa shape index (κ3) is 2.90. The van der Waals surface area contributed by atoms with Gasteiger partial charge in [-0.25, -0.2) is 0 Å². The topological polar surface area (TPSA) is 58.6 Å². The molecule has 2 unspecified atom stereocenters. The number of carbonyl (C=O) groups is 1. The third-order valence-electron chi connectivity index (χ3n) is 3.01. The van der Waals surface area contributed by atoms with E-state index in [2.05, 4.69) is 5.32 Å². The third-order valence-corrected chi connectivity index (χ3v) is 3.01. The maximum Gasteiger partial charge on any atom is 0.321 e. The zero-order valence-corrected chi connectivity index (χ0v) is 10.4. The van der Waals surface area contributed by atoms with Crippen LogP contribution in [0, 0.1) is 0 Å². The summed E-state index contributed by atoms with van der Waals surface area (Å²) < 4.78 is 5.14. The van der Waals surface area contributed by atoms with Gasteiger partial charge in [0, 0.05) is 5.92 Å². The SMILES string of the molecule is COc1cccc(C2CCNC2C(=O)O)c1.Cl. The van der Waals surface area contributed by atoms with Gasteiger partial charge in [-0.3, -0.25) is 4.79 Å². The first-order valence-corrected chi connectivity index (χ1v) is 5.32. The molecular weight excluding hydrogens is 242 g/mol. The van der Waals surface area contributed by atoms with Crippen LogP contribution >= 0.6 is 12.4 Å². The lowest BCUT2D eigenvalue weighted by molar-refractivity contribution is -0.139. The maximum absolute atomic E-state index is 11.0. The first-order chi connectivity index (χ1) is 7.72. The number of nitrogens with one attached hydrogen (secondary N) is 1. The first kappa shape index (κ1) is 13.8. The lowest BCUT2D eigenvalue weighted by Crippen LogP contribution is -2.34. The summed E-state index contributed by atoms with van der Waals surface area (Å²) >= 11 is 0. The van der Waals surface area contributed by atoms with Crippen molar-refractivity contribution in [1.29, 1.82) is 0 Å². The molecule has 4 nitrogen and oxygen atoms in total. The highest BCUT2D eigenvalue weighted by atomic mass is 35.5. The van der Waals surface area contributed by atoms with Gasteiger partial charge >= 0.3 is 5.97 Å². The molecule has 0 saturated carbocycles. The molecule has 0 aliphatic carbocycles. The molecule has 5 heteroatoms. The number of carboxylic acid groups (broad SMARTS) is 1. The Morgan fingerprint density at radius 3 is 2.94 bits per heavy atom. The minimum Gasteiger partial charge on any atom is -0.497 e. The quantitative estimate of drug-likeness (QED) is 0.865. The average Bonchev–Trinajstić information content (AvgIpc) is 2.78. The van der Waals surface area contributed by atoms with Crippen molar-refractivity contribution < 1.29 is 14.6 Å². The molecular formula is C12H16ClNO3. The second kappa shape index (κ2) is 5.89. The van der Waals surface area contributed by atoms with Gasteiger partial charge in [0.1, 0.15) is 11.8 Å². The van der Waals surface area contributed by atoms with E-state index < -0.39 is 12.0 Å². The van der Waals surface area contributed by atoms with E-state index in [0.29, 0.717) is 0 Å². The van der Waals surface area contributed by atoms with Crippen molar-refractivity contribution in [1.82, 2.24) is 5.32 Å². The van der Waals surface area contributed by atoms with Gasteiger partial charge in [-0.2, -0.15) is 0 Å². The van der Waals surface area contributed by atoms with Gasteiger partial charge in [0.25, 0.3) is 0 Å². The predicted molar refractivity (Wildman–Crippen MR) is 67.0 cm³/mol. The predicted octanol–water partition coefficient (Wildman–Crippen LogP) is 1.65. The molecule has 1 heterocycles. The lowest BCUT2D eigenvalue weighted by atomic mass is 9.92. The number of hydrogen-bond donors (Lipinski definition) is 2. The van der Waals surface area contributed by atoms with E-state index in [4.69, 9.17) is 9.84 Å². The molecule has 0 spiro atoms. The Morgan fingerprint density at radius 1 is 1.53 bits per heavy atom. The minimum atomic E-state index is -0.787. The van der Waals surface area contributed by atoms with Crippen LogP contribution in [-0.4, -0.2) is 30.8 Å². The van der Waals surface area contributed by atoms with Crippen molar-refractivity contribution in [2.45, 2.75) is 18.4 Å². The molecule has 2 atom stereocenters. The number of hydrogen-bond acceptors (Lipinski definition) is 3. The largest absolute Gasteiger partial charge is 0.497 e. The molecule has 2 N–H and O–H groups in total. The Bertz CT molecular complexity index is 397. The van der Waals surface area contributed by atoms with Crippen LogP contribution in [-0.2, 0) is 4.79 Å². The Hall–Kier alpha value is -1.26. The first-order valence-electron chi connectivity index (χ1n) is 5.32. The number of aliphatic carboxylic acids is 1. The summed E-state index contributed by atoms with van der Waals surface area (Å²) in [5.41, 5.74) is 1.02. The molecule has 1 aliphatic heterocycles. The molecule has 0 bridgehead atoms. The average molecular weight is 258 g/mol. The van der Waals surface area contributed by atoms with Crippen molar-refractivity contribution in [2.75, 3.05) is 13.7 Å². The molecule has 1 saturated heterocycles. The van der Waals surface area contributed by atoms with Crippen LogP contribution in [0.1, 0.15) is 17.9 Å². The Balaban J connectivity index is 0.00000144. The van der Waals surface area contributed by atoms with Crippen molar-refractivity contribution in [3.05, 3.63) is 29.8 Å². The van der Waals surface area contributed by atoms with Crippen LogP contribution < -0.4 is 10.1 Å². The van der Waals surface area contributed by atoms with Crippen molar-refractivity contribution in [2.24, 2.45) is 0 Å². The van der Waals surface area contributed by atoms with Crippen LogP contribution in [0.3, 0.4) is 0 Å². The smallest absolute Gasteiger partial charge is 0.321 e. The van der Waals surface area contributed by atoms with Crippen molar-refractivity contribution in [3.63, 3.8) is 0 Å². The van der Waals surface area contributed by atoms with Crippen molar-refractivity contribution in [3.8, 4) is 5.75 Å². The van der Waals surface area contributed by atoms with E-state index in [1.54, 1.807) is 7.11 Å². The van der Waals surface area contributed by atoms with E-state index >= 15 is 0 Å². The molecule has 0 radical (unpaired) electrons. The number of carboxylic acids is 1. The van der Waals surface area contributed by atoms with E-state index in [1.807, 2.05) is 24.3 Å². The summed E-state index contributed by atoms with van der Waals surface area (Å²) in [6.45, 7) is 0.749. The summed E-state index contributed by atoms with van der Waals surface area (Å²) in [5.74, 6) is 0.0199. The molecule has 94 valence electrons. The second-order valence-corrected chi connectivity index (χ2v) is 3.94. The molecule has 1 aliphatic rings. The molecule has 1 aromatic carbocycles. The standard InChI is InChI=1S/C12H15NO3.ClH/c1-16-9-4-2-3-8(7-9)10-5-6-13-11(10)12(14)15;/h2-4,7,10-11,13H,5-6H2,1H3,(H,14,15);1H.